The second-order valence-electron chi connectivity index (χ2n) is 3.40. The van der Waals surface area contributed by atoms with Crippen LogP contribution in [0.3, 0.4) is 0 Å². The molecule has 0 radical (unpaired) electrons. The van der Waals surface area contributed by atoms with Gasteiger partial charge in [0.1, 0.15) is 11.9 Å². The highest BCUT2D eigenvalue weighted by Crippen LogP contribution is 2.20. The summed E-state index contributed by atoms with van der Waals surface area (Å²) in [4.78, 5) is 21.6. The Bertz CT molecular complexity index is 198. The lowest BCUT2D eigenvalue weighted by atomic mass is 9.99. The zero-order valence-corrected chi connectivity index (χ0v) is 7.50. The highest BCUT2D eigenvalue weighted by Gasteiger charge is 2.25. The van der Waals surface area contributed by atoms with Gasteiger partial charge in [-0.25, -0.2) is 0 Å². The molecule has 0 spiro atoms. The minimum absolute atomic E-state index is 0.0147. The number of Topliss-reactive ketones (excluding diaryl/α,β-unsaturated/α-hetero) is 1. The summed E-state index contributed by atoms with van der Waals surface area (Å²) in [5.41, 5.74) is 0. The zero-order chi connectivity index (χ0) is 9.14. The maximum Gasteiger partial charge on any atom is 0.306 e. The van der Waals surface area contributed by atoms with E-state index in [1.807, 2.05) is 6.92 Å². The molecule has 0 aromatic rings. The Morgan fingerprint density at radius 2 is 2.42 bits per heavy atom. The molecule has 1 heterocycles. The van der Waals surface area contributed by atoms with E-state index in [-0.39, 0.29) is 23.8 Å². The van der Waals surface area contributed by atoms with Crippen LogP contribution >= 0.6 is 0 Å². The van der Waals surface area contributed by atoms with E-state index in [4.69, 9.17) is 4.74 Å². The molecule has 2 atom stereocenters. The van der Waals surface area contributed by atoms with Gasteiger partial charge >= 0.3 is 5.97 Å². The van der Waals surface area contributed by atoms with Gasteiger partial charge < -0.3 is 4.74 Å². The highest BCUT2D eigenvalue weighted by molar-refractivity contribution is 5.78. The maximum absolute atomic E-state index is 10.9. The minimum Gasteiger partial charge on any atom is -0.462 e. The van der Waals surface area contributed by atoms with E-state index in [1.165, 1.54) is 0 Å². The fourth-order valence-electron chi connectivity index (χ4n) is 1.31. The number of carbonyl (C=O) groups excluding carboxylic acids is 2. The molecule has 3 nitrogen and oxygen atoms in total. The summed E-state index contributed by atoms with van der Waals surface area (Å²) in [6, 6.07) is 0. The number of cyclic esters (lactones) is 1. The van der Waals surface area contributed by atoms with Crippen LogP contribution in [0.1, 0.15) is 33.1 Å². The molecule has 0 aliphatic carbocycles. The fourth-order valence-corrected chi connectivity index (χ4v) is 1.31. The fraction of sp³-hybridized carbons (Fsp3) is 0.778. The van der Waals surface area contributed by atoms with Gasteiger partial charge in [0, 0.05) is 12.3 Å². The predicted molar refractivity (Wildman–Crippen MR) is 43.6 cm³/mol. The number of rotatable bonds is 3. The third-order valence-electron chi connectivity index (χ3n) is 2.28. The Hall–Kier alpha value is -0.860. The summed E-state index contributed by atoms with van der Waals surface area (Å²) < 4.78 is 4.99. The first-order valence-corrected chi connectivity index (χ1v) is 4.29. The molecule has 1 aliphatic rings. The Balaban J connectivity index is 2.32. The lowest BCUT2D eigenvalue weighted by Gasteiger charge is -2.12. The monoisotopic (exact) mass is 170 g/mol. The Labute approximate surface area is 72.1 Å². The van der Waals surface area contributed by atoms with Crippen LogP contribution in [0.25, 0.3) is 0 Å². The summed E-state index contributed by atoms with van der Waals surface area (Å²) in [6.07, 6.45) is 1.95. The zero-order valence-electron chi connectivity index (χ0n) is 7.50. The van der Waals surface area contributed by atoms with E-state index in [0.717, 1.165) is 6.42 Å². The van der Waals surface area contributed by atoms with Gasteiger partial charge in [-0.15, -0.1) is 0 Å². The van der Waals surface area contributed by atoms with Gasteiger partial charge in [0.25, 0.3) is 0 Å². The van der Waals surface area contributed by atoms with E-state index < -0.39 is 0 Å². The largest absolute Gasteiger partial charge is 0.462 e. The third-order valence-corrected chi connectivity index (χ3v) is 2.28. The first kappa shape index (κ1) is 9.23. The molecule has 0 aromatic carbocycles. The molecule has 1 fully saturated rings. The van der Waals surface area contributed by atoms with E-state index in [0.29, 0.717) is 12.8 Å². The van der Waals surface area contributed by atoms with Crippen molar-refractivity contribution in [1.29, 1.82) is 0 Å². The Kier molecular flexibility index (Phi) is 2.84. The molecule has 12 heavy (non-hydrogen) atoms. The lowest BCUT2D eigenvalue weighted by Crippen LogP contribution is -2.16. The van der Waals surface area contributed by atoms with Crippen LogP contribution in [0, 0.1) is 5.92 Å². The van der Waals surface area contributed by atoms with Crippen molar-refractivity contribution in [1.82, 2.24) is 0 Å². The van der Waals surface area contributed by atoms with E-state index in [1.54, 1.807) is 6.92 Å². The van der Waals surface area contributed by atoms with Crippen LogP contribution in [0.2, 0.25) is 0 Å². The van der Waals surface area contributed by atoms with Gasteiger partial charge in [-0.1, -0.05) is 6.92 Å². The van der Waals surface area contributed by atoms with Crippen LogP contribution in [0.15, 0.2) is 0 Å². The third kappa shape index (κ3) is 2.32. The van der Waals surface area contributed by atoms with Crippen LogP contribution in [-0.4, -0.2) is 17.9 Å². The molecule has 2 unspecified atom stereocenters. The normalized spacial score (nSPS) is 25.2. The van der Waals surface area contributed by atoms with Gasteiger partial charge in [-0.05, 0) is 19.8 Å². The van der Waals surface area contributed by atoms with Crippen molar-refractivity contribution in [2.45, 2.75) is 39.2 Å². The van der Waals surface area contributed by atoms with Gasteiger partial charge in [-0.3, -0.25) is 9.59 Å². The predicted octanol–water partition coefficient (Wildman–Crippen LogP) is 1.31. The standard InChI is InChI=1S/C9H14O3/c1-6(7(2)10)5-8-3-4-9(11)12-8/h6,8H,3-5H2,1-2H3. The second-order valence-corrected chi connectivity index (χ2v) is 3.40. The topological polar surface area (TPSA) is 43.4 Å². The molecule has 1 rings (SSSR count). The summed E-state index contributed by atoms with van der Waals surface area (Å²) in [6.45, 7) is 3.44. The van der Waals surface area contributed by atoms with Gasteiger partial charge in [0.15, 0.2) is 0 Å². The van der Waals surface area contributed by atoms with E-state index in [2.05, 4.69) is 0 Å². The lowest BCUT2D eigenvalue weighted by molar-refractivity contribution is -0.142. The molecule has 1 saturated heterocycles. The van der Waals surface area contributed by atoms with Gasteiger partial charge in [-0.2, -0.15) is 0 Å². The van der Waals surface area contributed by atoms with Crippen molar-refractivity contribution in [3.63, 3.8) is 0 Å². The van der Waals surface area contributed by atoms with Crippen LogP contribution in [-0.2, 0) is 14.3 Å². The number of esters is 1. The van der Waals surface area contributed by atoms with Crippen molar-refractivity contribution in [2.24, 2.45) is 5.92 Å². The Morgan fingerprint density at radius 3 is 2.83 bits per heavy atom. The highest BCUT2D eigenvalue weighted by atomic mass is 16.5. The summed E-state index contributed by atoms with van der Waals surface area (Å²) in [5.74, 6) is 0.0506. The number of ether oxygens (including phenoxy) is 1. The smallest absolute Gasteiger partial charge is 0.306 e. The SMILES string of the molecule is CC(=O)C(C)CC1CCC(=O)O1. The quantitative estimate of drug-likeness (QED) is 0.600. The van der Waals surface area contributed by atoms with Crippen LogP contribution < -0.4 is 0 Å². The summed E-state index contributed by atoms with van der Waals surface area (Å²) >= 11 is 0. The molecule has 3 heteroatoms. The maximum atomic E-state index is 10.9. The van der Waals surface area contributed by atoms with Crippen LogP contribution in [0.4, 0.5) is 0 Å². The molecule has 0 saturated carbocycles. The molecular formula is C9H14O3. The summed E-state index contributed by atoms with van der Waals surface area (Å²) in [7, 11) is 0. The van der Waals surface area contributed by atoms with Crippen molar-refractivity contribution >= 4 is 11.8 Å². The van der Waals surface area contributed by atoms with Gasteiger partial charge in [0.2, 0.25) is 0 Å². The molecule has 1 aliphatic heterocycles. The molecule has 0 bridgehead atoms. The molecule has 68 valence electrons. The summed E-state index contributed by atoms with van der Waals surface area (Å²) in [5, 5.41) is 0. The number of hydrogen-bond acceptors (Lipinski definition) is 3. The number of ketones is 1. The van der Waals surface area contributed by atoms with Crippen molar-refractivity contribution in [3.05, 3.63) is 0 Å². The molecule has 0 amide bonds. The van der Waals surface area contributed by atoms with Crippen molar-refractivity contribution in [2.75, 3.05) is 0 Å². The first-order chi connectivity index (χ1) is 5.59. The average molecular weight is 170 g/mol. The second kappa shape index (κ2) is 3.70. The van der Waals surface area contributed by atoms with Gasteiger partial charge in [0.05, 0.1) is 0 Å². The van der Waals surface area contributed by atoms with E-state index in [9.17, 15) is 9.59 Å². The van der Waals surface area contributed by atoms with Crippen molar-refractivity contribution in [3.8, 4) is 0 Å². The number of carbonyl (C=O) groups is 2. The molecule has 0 aromatic heterocycles. The Morgan fingerprint density at radius 1 is 1.75 bits per heavy atom. The molecular weight excluding hydrogens is 156 g/mol. The van der Waals surface area contributed by atoms with Crippen molar-refractivity contribution < 1.29 is 14.3 Å². The minimum atomic E-state index is -0.129. The molecule has 0 N–H and O–H groups in total. The number of hydrogen-bond donors (Lipinski definition) is 0. The van der Waals surface area contributed by atoms with E-state index >= 15 is 0 Å². The first-order valence-electron chi connectivity index (χ1n) is 4.29. The average Bonchev–Trinajstić information content (AvgIpc) is 2.35. The van der Waals surface area contributed by atoms with Crippen LogP contribution in [0.5, 0.6) is 0 Å².